The second-order valence-electron chi connectivity index (χ2n) is 7.23. The lowest BCUT2D eigenvalue weighted by molar-refractivity contribution is -0.0283. The summed E-state index contributed by atoms with van der Waals surface area (Å²) >= 11 is 7.63. The summed E-state index contributed by atoms with van der Waals surface area (Å²) in [7, 11) is 0. The molecule has 1 atom stereocenters. The Kier molecular flexibility index (Phi) is 6.74. The largest absolute Gasteiger partial charge is 0.477 e. The van der Waals surface area contributed by atoms with Gasteiger partial charge in [0.05, 0.1) is 11.8 Å². The van der Waals surface area contributed by atoms with Crippen molar-refractivity contribution in [1.82, 2.24) is 14.9 Å². The van der Waals surface area contributed by atoms with Crippen molar-refractivity contribution < 1.29 is 14.6 Å². The van der Waals surface area contributed by atoms with E-state index in [1.807, 2.05) is 35.7 Å². The van der Waals surface area contributed by atoms with Crippen LogP contribution in [0.25, 0.3) is 0 Å². The van der Waals surface area contributed by atoms with Gasteiger partial charge in [-0.3, -0.25) is 4.90 Å². The second-order valence-corrected chi connectivity index (χ2v) is 8.60. The minimum absolute atomic E-state index is 0.0833. The maximum Gasteiger partial charge on any atom is 0.354 e. The average molecular weight is 444 g/mol. The SMILES string of the molecule is O=C(O)c1cccc(CN2CCC(OC(c3ccc(Cl)cc3)c3nccs3)CC2)n1. The molecule has 8 heteroatoms. The zero-order chi connectivity index (χ0) is 20.9. The van der Waals surface area contributed by atoms with Crippen molar-refractivity contribution in [2.75, 3.05) is 13.1 Å². The number of halogens is 1. The fourth-order valence-corrected chi connectivity index (χ4v) is 4.42. The minimum Gasteiger partial charge on any atom is -0.477 e. The number of carboxylic acid groups (broad SMARTS) is 1. The van der Waals surface area contributed by atoms with E-state index in [0.717, 1.165) is 42.2 Å². The molecule has 0 aliphatic carbocycles. The van der Waals surface area contributed by atoms with Gasteiger partial charge in [0.2, 0.25) is 0 Å². The Balaban J connectivity index is 1.37. The summed E-state index contributed by atoms with van der Waals surface area (Å²) in [6.45, 7) is 2.38. The minimum atomic E-state index is -1.00. The normalized spacial score (nSPS) is 16.4. The van der Waals surface area contributed by atoms with Gasteiger partial charge < -0.3 is 9.84 Å². The standard InChI is InChI=1S/C22H22ClN3O3S/c23-16-6-4-15(5-7-16)20(21-24-10-13-30-21)29-18-8-11-26(12-9-18)14-17-2-1-3-19(25-17)22(27)28/h1-7,10,13,18,20H,8-9,11-12,14H2,(H,27,28). The lowest BCUT2D eigenvalue weighted by Crippen LogP contribution is -2.37. The Hall–Kier alpha value is -2.32. The molecule has 2 aromatic heterocycles. The third-order valence-electron chi connectivity index (χ3n) is 5.12. The molecule has 0 amide bonds. The third kappa shape index (κ3) is 5.23. The fraction of sp³-hybridized carbons (Fsp3) is 0.318. The first kappa shape index (κ1) is 20.9. The van der Waals surface area contributed by atoms with Crippen molar-refractivity contribution in [2.45, 2.75) is 31.6 Å². The van der Waals surface area contributed by atoms with Crippen molar-refractivity contribution in [3.8, 4) is 0 Å². The second kappa shape index (κ2) is 9.66. The first-order valence-corrected chi connectivity index (χ1v) is 11.1. The van der Waals surface area contributed by atoms with Gasteiger partial charge in [0.25, 0.3) is 0 Å². The molecule has 156 valence electrons. The Labute approximate surface area is 184 Å². The molecule has 0 saturated carbocycles. The van der Waals surface area contributed by atoms with Crippen LogP contribution in [-0.2, 0) is 11.3 Å². The third-order valence-corrected chi connectivity index (χ3v) is 6.19. The highest BCUT2D eigenvalue weighted by molar-refractivity contribution is 7.09. The summed E-state index contributed by atoms with van der Waals surface area (Å²) < 4.78 is 6.50. The van der Waals surface area contributed by atoms with Crippen LogP contribution in [0, 0.1) is 0 Å². The Morgan fingerprint density at radius 3 is 2.67 bits per heavy atom. The number of carbonyl (C=O) groups is 1. The number of rotatable bonds is 7. The number of aromatic carboxylic acids is 1. The van der Waals surface area contributed by atoms with Crippen LogP contribution in [0.4, 0.5) is 0 Å². The van der Waals surface area contributed by atoms with Crippen LogP contribution in [-0.4, -0.2) is 45.1 Å². The van der Waals surface area contributed by atoms with Crippen LogP contribution in [0.15, 0.2) is 54.0 Å². The number of pyridine rings is 1. The molecule has 0 bridgehead atoms. The van der Waals surface area contributed by atoms with E-state index in [1.54, 1.807) is 23.6 Å². The first-order valence-electron chi connectivity index (χ1n) is 9.80. The lowest BCUT2D eigenvalue weighted by atomic mass is 10.1. The molecule has 1 unspecified atom stereocenters. The van der Waals surface area contributed by atoms with Crippen molar-refractivity contribution in [1.29, 1.82) is 0 Å². The number of nitrogens with zero attached hydrogens (tertiary/aromatic N) is 3. The molecule has 1 aliphatic rings. The van der Waals surface area contributed by atoms with Crippen LogP contribution in [0.2, 0.25) is 5.02 Å². The van der Waals surface area contributed by atoms with Gasteiger partial charge in [0.15, 0.2) is 0 Å². The molecule has 0 radical (unpaired) electrons. The fourth-order valence-electron chi connectivity index (χ4n) is 3.59. The lowest BCUT2D eigenvalue weighted by Gasteiger charge is -2.33. The predicted molar refractivity (Wildman–Crippen MR) is 116 cm³/mol. The molecule has 1 aromatic carbocycles. The average Bonchev–Trinajstić information content (AvgIpc) is 3.29. The van der Waals surface area contributed by atoms with E-state index in [2.05, 4.69) is 14.9 Å². The predicted octanol–water partition coefficient (Wildman–Crippen LogP) is 4.66. The summed E-state index contributed by atoms with van der Waals surface area (Å²) in [6, 6.07) is 12.9. The van der Waals surface area contributed by atoms with Crippen molar-refractivity contribution in [3.63, 3.8) is 0 Å². The first-order chi connectivity index (χ1) is 14.6. The molecule has 1 fully saturated rings. The Bertz CT molecular complexity index is 974. The molecular formula is C22H22ClN3O3S. The molecule has 4 rings (SSSR count). The number of ether oxygens (including phenoxy) is 1. The molecule has 1 saturated heterocycles. The van der Waals surface area contributed by atoms with E-state index in [4.69, 9.17) is 21.4 Å². The van der Waals surface area contributed by atoms with Gasteiger partial charge in [-0.05, 0) is 42.7 Å². The van der Waals surface area contributed by atoms with E-state index < -0.39 is 5.97 Å². The molecular weight excluding hydrogens is 422 g/mol. The van der Waals surface area contributed by atoms with Gasteiger partial charge in [0, 0.05) is 36.2 Å². The molecule has 1 N–H and O–H groups in total. The summed E-state index contributed by atoms with van der Waals surface area (Å²) in [6.07, 6.45) is 3.52. The van der Waals surface area contributed by atoms with Gasteiger partial charge in [-0.25, -0.2) is 14.8 Å². The quantitative estimate of drug-likeness (QED) is 0.572. The number of hydrogen-bond donors (Lipinski definition) is 1. The van der Waals surface area contributed by atoms with Gasteiger partial charge in [-0.15, -0.1) is 11.3 Å². The van der Waals surface area contributed by atoms with E-state index in [-0.39, 0.29) is 17.9 Å². The zero-order valence-electron chi connectivity index (χ0n) is 16.3. The highest BCUT2D eigenvalue weighted by Crippen LogP contribution is 2.32. The Morgan fingerprint density at radius 1 is 1.23 bits per heavy atom. The maximum absolute atomic E-state index is 11.1. The van der Waals surface area contributed by atoms with Crippen LogP contribution < -0.4 is 0 Å². The molecule has 3 aromatic rings. The summed E-state index contributed by atoms with van der Waals surface area (Å²) in [4.78, 5) is 22.1. The van der Waals surface area contributed by atoms with Crippen molar-refractivity contribution in [3.05, 3.63) is 81.0 Å². The smallest absolute Gasteiger partial charge is 0.354 e. The maximum atomic E-state index is 11.1. The number of thiazole rings is 1. The van der Waals surface area contributed by atoms with E-state index in [9.17, 15) is 4.79 Å². The monoisotopic (exact) mass is 443 g/mol. The van der Waals surface area contributed by atoms with Crippen molar-refractivity contribution in [2.24, 2.45) is 0 Å². The van der Waals surface area contributed by atoms with E-state index in [0.29, 0.717) is 11.6 Å². The molecule has 6 nitrogen and oxygen atoms in total. The van der Waals surface area contributed by atoms with Gasteiger partial charge in [-0.1, -0.05) is 29.8 Å². The molecule has 3 heterocycles. The summed E-state index contributed by atoms with van der Waals surface area (Å²) in [5.41, 5.74) is 1.91. The summed E-state index contributed by atoms with van der Waals surface area (Å²) in [5.74, 6) is -1.00. The topological polar surface area (TPSA) is 75.5 Å². The highest BCUT2D eigenvalue weighted by Gasteiger charge is 2.26. The number of likely N-dealkylation sites (tertiary alicyclic amines) is 1. The molecule has 30 heavy (non-hydrogen) atoms. The van der Waals surface area contributed by atoms with Gasteiger partial charge in [0.1, 0.15) is 16.8 Å². The van der Waals surface area contributed by atoms with E-state index >= 15 is 0 Å². The number of carboxylic acids is 1. The Morgan fingerprint density at radius 2 is 2.00 bits per heavy atom. The number of hydrogen-bond acceptors (Lipinski definition) is 6. The van der Waals surface area contributed by atoms with Gasteiger partial charge in [-0.2, -0.15) is 0 Å². The van der Waals surface area contributed by atoms with Gasteiger partial charge >= 0.3 is 5.97 Å². The number of piperidine rings is 1. The van der Waals surface area contributed by atoms with Crippen molar-refractivity contribution >= 4 is 28.9 Å². The van der Waals surface area contributed by atoms with Crippen LogP contribution in [0.5, 0.6) is 0 Å². The van der Waals surface area contributed by atoms with Crippen LogP contribution in [0.1, 0.15) is 45.7 Å². The van der Waals surface area contributed by atoms with Crippen LogP contribution >= 0.6 is 22.9 Å². The van der Waals surface area contributed by atoms with Crippen LogP contribution in [0.3, 0.4) is 0 Å². The van der Waals surface area contributed by atoms with E-state index in [1.165, 1.54) is 6.07 Å². The number of benzene rings is 1. The molecule has 1 aliphatic heterocycles. The zero-order valence-corrected chi connectivity index (χ0v) is 17.9. The summed E-state index contributed by atoms with van der Waals surface area (Å²) in [5, 5.41) is 12.7. The molecule has 0 spiro atoms. The number of aromatic nitrogens is 2. The highest BCUT2D eigenvalue weighted by atomic mass is 35.5.